The molecular formula is C34H32N11O+. The highest BCUT2D eigenvalue weighted by atomic mass is 16.2. The molecule has 1 amide bonds. The first kappa shape index (κ1) is 27.7. The molecule has 1 unspecified atom stereocenters. The van der Waals surface area contributed by atoms with Crippen molar-refractivity contribution in [2.75, 3.05) is 18.8 Å². The van der Waals surface area contributed by atoms with Gasteiger partial charge in [0.1, 0.15) is 22.8 Å². The van der Waals surface area contributed by atoms with Crippen LogP contribution in [0.3, 0.4) is 0 Å². The number of amides is 1. The maximum atomic E-state index is 12.0. The third-order valence-electron chi connectivity index (χ3n) is 9.08. The maximum absolute atomic E-state index is 12.0. The van der Waals surface area contributed by atoms with Crippen LogP contribution in [0.2, 0.25) is 0 Å². The van der Waals surface area contributed by atoms with Crippen LogP contribution >= 0.6 is 0 Å². The molecular weight excluding hydrogens is 578 g/mol. The monoisotopic (exact) mass is 610 g/mol. The molecule has 2 N–H and O–H groups in total. The summed E-state index contributed by atoms with van der Waals surface area (Å²) in [5.41, 5.74) is 13.0. The molecule has 1 fully saturated rings. The Morgan fingerprint density at radius 1 is 1.04 bits per heavy atom. The van der Waals surface area contributed by atoms with E-state index in [1.807, 2.05) is 52.3 Å². The van der Waals surface area contributed by atoms with E-state index in [1.165, 1.54) is 17.2 Å². The number of benzene rings is 1. The third-order valence-corrected chi connectivity index (χ3v) is 9.08. The number of nitrogen functional groups attached to an aromatic ring is 1. The zero-order valence-corrected chi connectivity index (χ0v) is 25.1. The van der Waals surface area contributed by atoms with Gasteiger partial charge < -0.3 is 10.6 Å². The van der Waals surface area contributed by atoms with Gasteiger partial charge >= 0.3 is 0 Å². The molecule has 8 rings (SSSR count). The second-order valence-electron chi connectivity index (χ2n) is 11.8. The minimum Gasteiger partial charge on any atom is -0.383 e. The molecule has 4 aromatic heterocycles. The van der Waals surface area contributed by atoms with Crippen LogP contribution in [0, 0.1) is 5.92 Å². The summed E-state index contributed by atoms with van der Waals surface area (Å²) in [5.74, 6) is 2.29. The van der Waals surface area contributed by atoms with Crippen LogP contribution in [0.4, 0.5) is 5.82 Å². The van der Waals surface area contributed by atoms with Gasteiger partial charge in [0.15, 0.2) is 23.5 Å². The molecule has 3 aliphatic rings. The Hall–Kier alpha value is -5.78. The lowest BCUT2D eigenvalue weighted by atomic mass is 9.94. The Labute approximate surface area is 264 Å². The molecule has 12 heteroatoms. The minimum atomic E-state index is -0.00704. The summed E-state index contributed by atoms with van der Waals surface area (Å²) >= 11 is 0. The lowest BCUT2D eigenvalue weighted by Gasteiger charge is -2.29. The molecule has 6 heterocycles. The number of nitrogens with two attached hydrogens (primary N) is 1. The summed E-state index contributed by atoms with van der Waals surface area (Å²) in [5, 5.41) is 13.3. The van der Waals surface area contributed by atoms with Gasteiger partial charge in [0.05, 0.1) is 10.7 Å². The van der Waals surface area contributed by atoms with Gasteiger partial charge in [-0.15, -0.1) is 4.68 Å². The first-order chi connectivity index (χ1) is 22.6. The highest BCUT2D eigenvalue weighted by Crippen LogP contribution is 2.37. The highest BCUT2D eigenvalue weighted by molar-refractivity contribution is 5.87. The number of nitrogens with zero attached hydrogens (tertiary/aromatic N) is 10. The molecule has 0 spiro atoms. The van der Waals surface area contributed by atoms with Crippen molar-refractivity contribution in [2.24, 2.45) is 16.3 Å². The van der Waals surface area contributed by atoms with Gasteiger partial charge in [0.2, 0.25) is 11.6 Å². The number of rotatable bonds is 6. The van der Waals surface area contributed by atoms with Crippen LogP contribution in [-0.4, -0.2) is 64.1 Å². The maximum Gasteiger partial charge on any atom is 0.245 e. The predicted octanol–water partition coefficient (Wildman–Crippen LogP) is 5.01. The van der Waals surface area contributed by atoms with E-state index < -0.39 is 0 Å². The fourth-order valence-corrected chi connectivity index (χ4v) is 6.70. The van der Waals surface area contributed by atoms with E-state index in [1.54, 1.807) is 17.1 Å². The largest absolute Gasteiger partial charge is 0.383 e. The van der Waals surface area contributed by atoms with Crippen molar-refractivity contribution in [3.63, 3.8) is 0 Å². The van der Waals surface area contributed by atoms with E-state index in [9.17, 15) is 4.79 Å². The molecule has 228 valence electrons. The number of allylic oxidation sites excluding steroid dienone is 1. The number of aryl methyl sites for hydroxylation is 1. The van der Waals surface area contributed by atoms with Crippen molar-refractivity contribution < 1.29 is 9.48 Å². The molecule has 1 atom stereocenters. The molecule has 1 aromatic carbocycles. The second-order valence-corrected chi connectivity index (χ2v) is 11.8. The van der Waals surface area contributed by atoms with E-state index in [0.717, 1.165) is 48.1 Å². The van der Waals surface area contributed by atoms with E-state index in [2.05, 4.69) is 56.0 Å². The molecule has 5 aromatic rings. The number of aromatic nitrogens is 6. The Balaban J connectivity index is 1.11. The molecule has 12 nitrogen and oxygen atoms in total. The normalized spacial score (nSPS) is 18.8. The summed E-state index contributed by atoms with van der Waals surface area (Å²) in [6, 6.07) is 16.1. The standard InChI is InChI=1S/C34H32N11O/c1-2-31(46)42-17-12-22(13-18-42)29-21-43(41-40-29)20-24-7-6-23-19-25(8-9-26(23)24)45-33(27-5-3-14-36-32(27)35)38-28-10-11-30(39-34(28)45)44-16-4-15-37-44/h2-5,8-11,14-16,19-22,24H,1,6-7,12-13,17-18H2,(H2,35,36)/q+1/b43-20-. The highest BCUT2D eigenvalue weighted by Gasteiger charge is 2.32. The zero-order valence-electron chi connectivity index (χ0n) is 25.1. The number of carbonyl (C=O) groups excluding carboxylic acids is 1. The number of hydrogen-bond acceptors (Lipinski definition) is 8. The first-order valence-corrected chi connectivity index (χ1v) is 15.5. The average molecular weight is 611 g/mol. The van der Waals surface area contributed by atoms with Crippen LogP contribution in [0.5, 0.6) is 0 Å². The quantitative estimate of drug-likeness (QED) is 0.212. The van der Waals surface area contributed by atoms with Gasteiger partial charge in [-0.1, -0.05) is 12.6 Å². The average Bonchev–Trinajstić information content (AvgIpc) is 3.91. The van der Waals surface area contributed by atoms with Crippen molar-refractivity contribution >= 4 is 29.1 Å². The Kier molecular flexibility index (Phi) is 6.81. The number of pyridine rings is 2. The lowest BCUT2D eigenvalue weighted by molar-refractivity contribution is -0.461. The van der Waals surface area contributed by atoms with Crippen LogP contribution in [0.25, 0.3) is 34.1 Å². The molecule has 0 saturated carbocycles. The fraction of sp³-hybridized carbons (Fsp3) is 0.235. The summed E-state index contributed by atoms with van der Waals surface area (Å²) in [6.07, 6.45) is 14.5. The van der Waals surface area contributed by atoms with Gasteiger partial charge in [0.25, 0.3) is 0 Å². The fourth-order valence-electron chi connectivity index (χ4n) is 6.70. The Morgan fingerprint density at radius 2 is 1.93 bits per heavy atom. The Bertz CT molecular complexity index is 2080. The van der Waals surface area contributed by atoms with Gasteiger partial charge in [0, 0.05) is 49.2 Å². The number of anilines is 1. The first-order valence-electron chi connectivity index (χ1n) is 15.5. The second kappa shape index (κ2) is 11.3. The van der Waals surface area contributed by atoms with Crippen molar-refractivity contribution in [3.05, 3.63) is 103 Å². The summed E-state index contributed by atoms with van der Waals surface area (Å²) in [6.45, 7) is 5.03. The third kappa shape index (κ3) is 4.87. The van der Waals surface area contributed by atoms with Gasteiger partial charge in [-0.2, -0.15) is 5.10 Å². The molecule has 0 radical (unpaired) electrons. The predicted molar refractivity (Wildman–Crippen MR) is 173 cm³/mol. The topological polar surface area (TPSA) is 135 Å². The zero-order chi connectivity index (χ0) is 31.2. The number of likely N-dealkylation sites (tertiary alicyclic amines) is 1. The van der Waals surface area contributed by atoms with Gasteiger partial charge in [-0.25, -0.2) is 19.6 Å². The van der Waals surface area contributed by atoms with E-state index >= 15 is 0 Å². The summed E-state index contributed by atoms with van der Waals surface area (Å²) < 4.78 is 5.66. The van der Waals surface area contributed by atoms with Crippen LogP contribution in [0.15, 0.2) is 102 Å². The van der Waals surface area contributed by atoms with Crippen LogP contribution in [-0.2, 0) is 11.2 Å². The summed E-state index contributed by atoms with van der Waals surface area (Å²) in [7, 11) is 0. The number of piperidine rings is 1. The van der Waals surface area contributed by atoms with Gasteiger partial charge in [-0.05, 0) is 85.4 Å². The molecule has 1 saturated heterocycles. The smallest absolute Gasteiger partial charge is 0.245 e. The van der Waals surface area contributed by atoms with E-state index in [4.69, 9.17) is 15.7 Å². The van der Waals surface area contributed by atoms with Crippen molar-refractivity contribution in [2.45, 2.75) is 31.6 Å². The number of fused-ring (bicyclic) bond motifs is 2. The number of imidazole rings is 1. The number of carbonyl (C=O) groups is 1. The molecule has 1 aliphatic carbocycles. The van der Waals surface area contributed by atoms with Crippen molar-refractivity contribution in [1.82, 2.24) is 34.2 Å². The van der Waals surface area contributed by atoms with Crippen molar-refractivity contribution in [1.29, 1.82) is 0 Å². The van der Waals surface area contributed by atoms with Crippen molar-refractivity contribution in [3.8, 4) is 22.9 Å². The summed E-state index contributed by atoms with van der Waals surface area (Å²) in [4.78, 5) is 28.1. The number of hydrogen-bond donors (Lipinski definition) is 1. The Morgan fingerprint density at radius 3 is 2.74 bits per heavy atom. The molecule has 46 heavy (non-hydrogen) atoms. The van der Waals surface area contributed by atoms with Crippen LogP contribution in [0.1, 0.15) is 36.3 Å². The van der Waals surface area contributed by atoms with E-state index in [0.29, 0.717) is 42.1 Å². The minimum absolute atomic E-state index is 0.00704. The SMILES string of the molecule is C=CC(=O)N1CCC(C2=C/[N+](=C/C3CCc4cc(-n5c(-c6cccnc6N)nc6ccc(-n7cccn7)nc65)ccc43)N=N2)CC1. The lowest BCUT2D eigenvalue weighted by Crippen LogP contribution is -2.37. The molecule has 0 bridgehead atoms. The van der Waals surface area contributed by atoms with Gasteiger partial charge in [-0.3, -0.25) is 9.36 Å². The van der Waals surface area contributed by atoms with E-state index in [-0.39, 0.29) is 11.8 Å². The van der Waals surface area contributed by atoms with Crippen LogP contribution < -0.4 is 5.73 Å². The molecule has 2 aliphatic heterocycles.